The molecule has 2 saturated heterocycles. The number of carbonyl (C=O) groups excluding carboxylic acids is 4. The molecule has 15 rings (SSSR count). The van der Waals surface area contributed by atoms with Gasteiger partial charge in [0.15, 0.2) is 0 Å². The maximum absolute atomic E-state index is 13.9. The average Bonchev–Trinajstić information content (AvgIpc) is 1.83. The Morgan fingerprint density at radius 3 is 0.886 bits per heavy atom. The van der Waals surface area contributed by atoms with Gasteiger partial charge in [0.2, 0.25) is 0 Å². The fourth-order valence-electron chi connectivity index (χ4n) is 13.8. The van der Waals surface area contributed by atoms with E-state index < -0.39 is 46.9 Å². The van der Waals surface area contributed by atoms with Crippen molar-refractivity contribution >= 4 is 117 Å². The minimum absolute atomic E-state index is 0.281. The second-order valence-electron chi connectivity index (χ2n) is 29.6. The zero-order valence-electron chi connectivity index (χ0n) is 67.6. The molecule has 8 aromatic carbocycles. The molecule has 0 spiro atoms. The lowest BCUT2D eigenvalue weighted by Gasteiger charge is -2.33. The molecule has 3 aliphatic heterocycles. The Morgan fingerprint density at radius 1 is 0.350 bits per heavy atom. The molecule has 123 heavy (non-hydrogen) atoms. The van der Waals surface area contributed by atoms with Crippen LogP contribution in [0.4, 0.5) is 40.8 Å². The van der Waals surface area contributed by atoms with E-state index >= 15 is 0 Å². The Kier molecular flexibility index (Phi) is 31.7. The summed E-state index contributed by atoms with van der Waals surface area (Å²) >= 11 is 23.3. The smallest absolute Gasteiger partial charge is 0.257 e. The Balaban J connectivity index is 0.000000150. The van der Waals surface area contributed by atoms with Crippen LogP contribution in [0.3, 0.4) is 0 Å². The highest BCUT2D eigenvalue weighted by molar-refractivity contribution is 6.31. The fraction of sp³-hybridized carbons (Fsp3) is 0.208. The second-order valence-corrected chi connectivity index (χ2v) is 31.3. The van der Waals surface area contributed by atoms with Gasteiger partial charge in [-0.25, -0.2) is 37.5 Å². The molecule has 7 heterocycles. The first-order chi connectivity index (χ1) is 59.4. The molecule has 0 aliphatic carbocycles. The Morgan fingerprint density at radius 2 is 0.634 bits per heavy atom. The lowest BCUT2D eigenvalue weighted by molar-refractivity contribution is 0.101. The van der Waals surface area contributed by atoms with Gasteiger partial charge in [0.05, 0.1) is 26.6 Å². The van der Waals surface area contributed by atoms with Crippen molar-refractivity contribution in [3.8, 4) is 0 Å². The van der Waals surface area contributed by atoms with Crippen molar-refractivity contribution in [2.45, 2.75) is 84.0 Å². The highest BCUT2D eigenvalue weighted by Crippen LogP contribution is 2.26. The van der Waals surface area contributed by atoms with Crippen LogP contribution < -0.4 is 21.3 Å². The molecule has 12 aromatic rings. The van der Waals surface area contributed by atoms with E-state index in [0.29, 0.717) is 111 Å². The first-order valence-corrected chi connectivity index (χ1v) is 41.6. The van der Waals surface area contributed by atoms with E-state index in [9.17, 15) is 36.7 Å². The van der Waals surface area contributed by atoms with E-state index in [1.165, 1.54) is 79.7 Å². The van der Waals surface area contributed by atoms with Gasteiger partial charge in [0.25, 0.3) is 23.6 Å². The third-order valence-corrected chi connectivity index (χ3v) is 21.7. The van der Waals surface area contributed by atoms with Crippen LogP contribution in [0.1, 0.15) is 141 Å². The number of likely N-dealkylation sites (N-methyl/N-ethyl adjacent to an activating group) is 1. The summed E-state index contributed by atoms with van der Waals surface area (Å²) in [4.78, 5) is 78.0. The van der Waals surface area contributed by atoms with E-state index in [1.807, 2.05) is 84.7 Å². The van der Waals surface area contributed by atoms with Crippen LogP contribution in [0.15, 0.2) is 248 Å². The highest BCUT2D eigenvalue weighted by atomic mass is 35.5. The van der Waals surface area contributed by atoms with Crippen LogP contribution >= 0.6 is 46.4 Å². The average molecular weight is 1730 g/mol. The lowest BCUT2D eigenvalue weighted by atomic mass is 9.98. The number of amidine groups is 3. The first-order valence-electron chi connectivity index (χ1n) is 40.1. The molecule has 628 valence electrons. The fourth-order valence-corrected chi connectivity index (χ4v) is 14.3. The normalized spacial score (nSPS) is 12.6. The van der Waals surface area contributed by atoms with Gasteiger partial charge < -0.3 is 41.4 Å². The standard InChI is InChI=1S/C26H26ClFN4O.2C24H22ClFN4O.C22H19ClFN3O/c27-21-11-13-24(30-17-21)31-26(33)23-16-22(28)12-10-19(23)7-4-18-5-8-20(9-6-18)25(29)32-14-2-1-3-15-32;1-30-13-12-27-23(30)18-6-3-16(4-7-18)2-5-17-8-10-20(26)14-21(17)24(31)29-22-11-9-19(25)15-28-22;25-19-9-11-22(28-15-19)29-24(31)21-14-20(26)10-8-17(21)5-2-16-3-6-18(7-4-16)23(27)30-12-1-13-30;1-14(25)16-5-2-15(3-6-16)4-7-17-8-10-19(24)12-20(17)22(28)27-21-11-9-18(23)13-26-21/h5-6,8-13,16-17,29H,1-4,7,14-15H2,(H,30,31,33);3-4,6-11,14-15H,2,5,12-13H2,1H3,(H,28,29,31);3-4,6-11,14-15,27H,1-2,5,12-13H2,(H,28,29,31);2-3,5-6,8-13,25H,4,7H2,1H3,(H,26,27,28). The number of aliphatic imine (C=N–C) groups is 1. The van der Waals surface area contributed by atoms with Crippen LogP contribution in [0.5, 0.6) is 0 Å². The third-order valence-electron chi connectivity index (χ3n) is 20.8. The second kappa shape index (κ2) is 43.6. The van der Waals surface area contributed by atoms with Crippen molar-refractivity contribution < 1.29 is 36.7 Å². The molecule has 4 aromatic heterocycles. The lowest BCUT2D eigenvalue weighted by Crippen LogP contribution is -2.42. The number of piperidine rings is 1. The number of benzene rings is 8. The molecule has 0 saturated carbocycles. The van der Waals surface area contributed by atoms with Crippen molar-refractivity contribution in [3.05, 3.63) is 376 Å². The van der Waals surface area contributed by atoms with Crippen LogP contribution in [0.25, 0.3) is 0 Å². The van der Waals surface area contributed by atoms with E-state index in [-0.39, 0.29) is 16.7 Å². The van der Waals surface area contributed by atoms with Gasteiger partial charge in [-0.05, 0) is 231 Å². The van der Waals surface area contributed by atoms with Gasteiger partial charge in [0, 0.05) is 109 Å². The van der Waals surface area contributed by atoms with Gasteiger partial charge in [0.1, 0.15) is 64.0 Å². The Bertz CT molecular complexity index is 5750. The summed E-state index contributed by atoms with van der Waals surface area (Å²) in [6.07, 6.45) is 15.6. The number of likely N-dealkylation sites (tertiary alicyclic amines) is 2. The number of hydrogen-bond donors (Lipinski definition) is 7. The van der Waals surface area contributed by atoms with Crippen LogP contribution in [-0.4, -0.2) is 128 Å². The number of anilines is 4. The molecular weight excluding hydrogens is 1640 g/mol. The van der Waals surface area contributed by atoms with Crippen molar-refractivity contribution in [2.75, 3.05) is 67.6 Å². The van der Waals surface area contributed by atoms with Gasteiger partial charge >= 0.3 is 0 Å². The minimum Gasteiger partial charge on any atom is -0.358 e. The molecule has 3 aliphatic rings. The highest BCUT2D eigenvalue weighted by Gasteiger charge is 2.23. The molecule has 19 nitrogen and oxygen atoms in total. The van der Waals surface area contributed by atoms with Gasteiger partial charge in [-0.1, -0.05) is 168 Å². The zero-order valence-corrected chi connectivity index (χ0v) is 70.6. The summed E-state index contributed by atoms with van der Waals surface area (Å²) in [5.74, 6) is 0.0696. The topological polar surface area (TPSA) is 262 Å². The third kappa shape index (κ3) is 26.1. The minimum atomic E-state index is -0.469. The van der Waals surface area contributed by atoms with E-state index in [0.717, 1.165) is 138 Å². The number of hydrogen-bond acceptors (Lipinski definition) is 13. The van der Waals surface area contributed by atoms with Crippen molar-refractivity contribution in [1.29, 1.82) is 16.2 Å². The molecular formula is C96H89Cl4F4N15O4. The molecule has 0 bridgehead atoms. The van der Waals surface area contributed by atoms with Crippen LogP contribution in [0.2, 0.25) is 20.1 Å². The summed E-state index contributed by atoms with van der Waals surface area (Å²) in [7, 11) is 2.04. The molecule has 7 N–H and O–H groups in total. The number of pyridine rings is 4. The van der Waals surface area contributed by atoms with E-state index in [2.05, 4.69) is 80.3 Å². The predicted octanol–water partition coefficient (Wildman–Crippen LogP) is 20.6. The summed E-state index contributed by atoms with van der Waals surface area (Å²) in [6.45, 7) is 7.30. The predicted molar refractivity (Wildman–Crippen MR) is 482 cm³/mol. The number of nitrogens with zero attached hydrogens (tertiary/aromatic N) is 8. The summed E-state index contributed by atoms with van der Waals surface area (Å²) in [6, 6.07) is 61.9. The number of aromatic nitrogens is 4. The molecule has 0 atom stereocenters. The van der Waals surface area contributed by atoms with Crippen LogP contribution in [-0.2, 0) is 51.4 Å². The van der Waals surface area contributed by atoms with Gasteiger partial charge in [-0.15, -0.1) is 0 Å². The van der Waals surface area contributed by atoms with Gasteiger partial charge in [-0.2, -0.15) is 0 Å². The maximum Gasteiger partial charge on any atom is 0.257 e. The Labute approximate surface area is 731 Å². The molecule has 27 heteroatoms. The summed E-state index contributed by atoms with van der Waals surface area (Å²) < 4.78 is 55.4. The zero-order chi connectivity index (χ0) is 86.9. The molecule has 0 radical (unpaired) electrons. The SMILES string of the molecule is CC(=N)c1ccc(CCc2ccc(F)cc2C(=O)Nc2ccc(Cl)cn2)cc1.CN1CCN=C1c1ccc(CCc2ccc(F)cc2C(=O)Nc2ccc(Cl)cn2)cc1.N=C(c1ccc(CCc2ccc(F)cc2C(=O)Nc2ccc(Cl)cn2)cc1)N1CCC1.N=C(c1ccc(CCc2ccc(F)cc2C(=O)Nc2ccc(Cl)cn2)cc1)N1CCCCC1. The quantitative estimate of drug-likeness (QED) is 0.0170. The largest absolute Gasteiger partial charge is 0.358 e. The first kappa shape index (κ1) is 89.5. The van der Waals surface area contributed by atoms with Crippen molar-refractivity contribution in [2.24, 2.45) is 4.99 Å². The summed E-state index contributed by atoms with van der Waals surface area (Å²) in [5.41, 5.74) is 12.9. The number of halogens is 8. The van der Waals surface area contributed by atoms with Gasteiger partial charge in [-0.3, -0.25) is 35.0 Å². The molecule has 4 amide bonds. The molecule has 2 fully saturated rings. The van der Waals surface area contributed by atoms with Crippen molar-refractivity contribution in [1.82, 2.24) is 34.6 Å². The maximum atomic E-state index is 13.9. The number of carbonyl (C=O) groups is 4. The molecule has 0 unspecified atom stereocenters. The van der Waals surface area contributed by atoms with Crippen molar-refractivity contribution in [3.63, 3.8) is 0 Å². The Hall–Kier alpha value is -12.8. The number of aryl methyl sites for hydroxylation is 8. The summed E-state index contributed by atoms with van der Waals surface area (Å²) in [5, 5.41) is 37.0. The number of amides is 4. The van der Waals surface area contributed by atoms with E-state index in [4.69, 9.17) is 62.6 Å². The monoisotopic (exact) mass is 1730 g/mol. The number of rotatable bonds is 24. The number of nitrogens with one attached hydrogen (secondary N) is 7. The van der Waals surface area contributed by atoms with Crippen LogP contribution in [0, 0.1) is 39.5 Å². The van der Waals surface area contributed by atoms with E-state index in [1.54, 1.807) is 79.7 Å².